The Labute approximate surface area is 195 Å². The Bertz CT molecular complexity index is 1280. The standard InChI is InChI=1S/C23H29FN2O5S2/c1-16-13-18(3)22(19(4)14-16)33(29,30)26-11-12-31-23(26)7-9-25(10-8-23)32(27,28)21-6-5-20(24)15-17(21)2/h5-6,13-15H,7-12H2,1-4H3. The van der Waals surface area contributed by atoms with E-state index < -0.39 is 31.6 Å². The van der Waals surface area contributed by atoms with Gasteiger partial charge in [0.1, 0.15) is 11.5 Å². The molecule has 2 aromatic rings. The Morgan fingerprint density at radius 3 is 2.03 bits per heavy atom. The fourth-order valence-corrected chi connectivity index (χ4v) is 8.92. The van der Waals surface area contributed by atoms with E-state index in [1.807, 2.05) is 19.1 Å². The topological polar surface area (TPSA) is 84.0 Å². The third kappa shape index (κ3) is 4.12. The Balaban J connectivity index is 1.61. The van der Waals surface area contributed by atoms with E-state index >= 15 is 0 Å². The van der Waals surface area contributed by atoms with Crippen molar-refractivity contribution in [2.45, 2.75) is 56.1 Å². The van der Waals surface area contributed by atoms with Crippen LogP contribution in [0.4, 0.5) is 4.39 Å². The molecular weight excluding hydrogens is 467 g/mol. The Morgan fingerprint density at radius 1 is 0.848 bits per heavy atom. The molecule has 1 spiro atoms. The van der Waals surface area contributed by atoms with Crippen LogP contribution in [0.5, 0.6) is 0 Å². The molecule has 0 N–H and O–H groups in total. The summed E-state index contributed by atoms with van der Waals surface area (Å²) in [6, 6.07) is 7.30. The van der Waals surface area contributed by atoms with Crippen LogP contribution in [0.15, 0.2) is 40.1 Å². The normalized spacial score (nSPS) is 19.9. The summed E-state index contributed by atoms with van der Waals surface area (Å²) in [5.41, 5.74) is 1.61. The van der Waals surface area contributed by atoms with Crippen molar-refractivity contribution in [1.82, 2.24) is 8.61 Å². The second kappa shape index (κ2) is 8.42. The third-order valence-electron chi connectivity index (χ3n) is 6.53. The van der Waals surface area contributed by atoms with E-state index in [2.05, 4.69) is 0 Å². The predicted octanol–water partition coefficient (Wildman–Crippen LogP) is 3.26. The van der Waals surface area contributed by atoms with E-state index in [9.17, 15) is 21.2 Å². The summed E-state index contributed by atoms with van der Waals surface area (Å²) in [5, 5.41) is 0. The quantitative estimate of drug-likeness (QED) is 0.649. The van der Waals surface area contributed by atoms with Crippen molar-refractivity contribution in [2.75, 3.05) is 26.2 Å². The molecule has 2 fully saturated rings. The van der Waals surface area contributed by atoms with Crippen molar-refractivity contribution in [3.8, 4) is 0 Å². The van der Waals surface area contributed by atoms with Gasteiger partial charge in [0.2, 0.25) is 20.0 Å². The molecule has 2 saturated heterocycles. The predicted molar refractivity (Wildman–Crippen MR) is 122 cm³/mol. The maximum atomic E-state index is 13.7. The van der Waals surface area contributed by atoms with Crippen molar-refractivity contribution in [2.24, 2.45) is 0 Å². The van der Waals surface area contributed by atoms with E-state index in [-0.39, 0.29) is 48.9 Å². The minimum absolute atomic E-state index is 0.0579. The zero-order valence-corrected chi connectivity index (χ0v) is 20.9. The molecular formula is C23H29FN2O5S2. The van der Waals surface area contributed by atoms with Gasteiger partial charge in [-0.25, -0.2) is 21.2 Å². The highest BCUT2D eigenvalue weighted by Crippen LogP contribution is 2.40. The van der Waals surface area contributed by atoms with Gasteiger partial charge in [0.15, 0.2) is 0 Å². The highest BCUT2D eigenvalue weighted by molar-refractivity contribution is 7.89. The van der Waals surface area contributed by atoms with Gasteiger partial charge in [0, 0.05) is 32.5 Å². The number of hydrogen-bond donors (Lipinski definition) is 0. The summed E-state index contributed by atoms with van der Waals surface area (Å²) in [7, 11) is -7.68. The van der Waals surface area contributed by atoms with Crippen molar-refractivity contribution in [1.29, 1.82) is 0 Å². The molecule has 0 saturated carbocycles. The zero-order valence-electron chi connectivity index (χ0n) is 19.3. The van der Waals surface area contributed by atoms with E-state index in [1.165, 1.54) is 20.7 Å². The monoisotopic (exact) mass is 496 g/mol. The van der Waals surface area contributed by atoms with Crippen LogP contribution in [0, 0.1) is 33.5 Å². The van der Waals surface area contributed by atoms with Crippen LogP contribution >= 0.6 is 0 Å². The van der Waals surface area contributed by atoms with Crippen molar-refractivity contribution < 1.29 is 26.0 Å². The number of rotatable bonds is 4. The minimum atomic E-state index is -3.84. The van der Waals surface area contributed by atoms with Gasteiger partial charge >= 0.3 is 0 Å². The van der Waals surface area contributed by atoms with E-state index in [0.29, 0.717) is 16.7 Å². The molecule has 0 aliphatic carbocycles. The Kier molecular flexibility index (Phi) is 6.20. The number of hydrogen-bond acceptors (Lipinski definition) is 5. The summed E-state index contributed by atoms with van der Waals surface area (Å²) in [4.78, 5) is 0.345. The smallest absolute Gasteiger partial charge is 0.246 e. The maximum Gasteiger partial charge on any atom is 0.246 e. The molecule has 7 nitrogen and oxygen atoms in total. The number of nitrogens with zero attached hydrogens (tertiary/aromatic N) is 2. The summed E-state index contributed by atoms with van der Waals surface area (Å²) < 4.78 is 76.0. The lowest BCUT2D eigenvalue weighted by molar-refractivity contribution is -0.0806. The van der Waals surface area contributed by atoms with Gasteiger partial charge in [-0.3, -0.25) is 0 Å². The maximum absolute atomic E-state index is 13.7. The largest absolute Gasteiger partial charge is 0.358 e. The number of piperidine rings is 1. The summed E-state index contributed by atoms with van der Waals surface area (Å²) in [5.74, 6) is -0.494. The average molecular weight is 497 g/mol. The first-order valence-electron chi connectivity index (χ1n) is 10.9. The number of ether oxygens (including phenoxy) is 1. The Morgan fingerprint density at radius 2 is 1.45 bits per heavy atom. The van der Waals surface area contributed by atoms with Crippen LogP contribution in [0.2, 0.25) is 0 Å². The molecule has 0 atom stereocenters. The van der Waals surface area contributed by atoms with Gasteiger partial charge in [-0.15, -0.1) is 0 Å². The van der Waals surface area contributed by atoms with Crippen molar-refractivity contribution in [3.63, 3.8) is 0 Å². The van der Waals surface area contributed by atoms with E-state index in [4.69, 9.17) is 4.74 Å². The molecule has 2 aliphatic rings. The molecule has 0 amide bonds. The van der Waals surface area contributed by atoms with Gasteiger partial charge < -0.3 is 4.74 Å². The van der Waals surface area contributed by atoms with Gasteiger partial charge in [-0.1, -0.05) is 17.7 Å². The molecule has 0 bridgehead atoms. The van der Waals surface area contributed by atoms with Crippen molar-refractivity contribution >= 4 is 20.0 Å². The molecule has 2 heterocycles. The molecule has 10 heteroatoms. The number of benzene rings is 2. The molecule has 2 aromatic carbocycles. The van der Waals surface area contributed by atoms with Crippen molar-refractivity contribution in [3.05, 3.63) is 58.4 Å². The highest BCUT2D eigenvalue weighted by Gasteiger charge is 2.52. The second-order valence-electron chi connectivity index (χ2n) is 8.91. The van der Waals surface area contributed by atoms with Crippen LogP contribution < -0.4 is 0 Å². The summed E-state index contributed by atoms with van der Waals surface area (Å²) in [6.45, 7) is 7.76. The van der Waals surface area contributed by atoms with Crippen LogP contribution in [-0.2, 0) is 24.8 Å². The molecule has 0 radical (unpaired) electrons. The average Bonchev–Trinajstić information content (AvgIpc) is 3.10. The molecule has 2 aliphatic heterocycles. The lowest BCUT2D eigenvalue weighted by Crippen LogP contribution is -2.55. The van der Waals surface area contributed by atoms with E-state index in [0.717, 1.165) is 11.6 Å². The highest BCUT2D eigenvalue weighted by atomic mass is 32.2. The zero-order chi connectivity index (χ0) is 24.2. The number of sulfonamides is 2. The lowest BCUT2D eigenvalue weighted by Gasteiger charge is -2.42. The van der Waals surface area contributed by atoms with Gasteiger partial charge in [0.05, 0.1) is 16.4 Å². The first-order chi connectivity index (χ1) is 15.4. The number of halogens is 1. The van der Waals surface area contributed by atoms with Gasteiger partial charge in [-0.2, -0.15) is 8.61 Å². The SMILES string of the molecule is Cc1cc(C)c(S(=O)(=O)N2CCOC23CCN(S(=O)(=O)c2ccc(F)cc2C)CC3)c(C)c1. The molecule has 0 aromatic heterocycles. The second-order valence-corrected chi connectivity index (χ2v) is 12.6. The van der Waals surface area contributed by atoms with Crippen LogP contribution in [0.25, 0.3) is 0 Å². The lowest BCUT2D eigenvalue weighted by atomic mass is 10.0. The molecule has 0 unspecified atom stereocenters. The molecule has 4 rings (SSSR count). The third-order valence-corrected chi connectivity index (χ3v) is 10.8. The van der Waals surface area contributed by atoms with Gasteiger partial charge in [0.25, 0.3) is 0 Å². The van der Waals surface area contributed by atoms with Gasteiger partial charge in [-0.05, 0) is 62.6 Å². The van der Waals surface area contributed by atoms with Crippen LogP contribution in [0.3, 0.4) is 0 Å². The van der Waals surface area contributed by atoms with Crippen LogP contribution in [0.1, 0.15) is 35.1 Å². The molecule has 180 valence electrons. The minimum Gasteiger partial charge on any atom is -0.358 e. The van der Waals surface area contributed by atoms with Crippen LogP contribution in [-0.4, -0.2) is 57.4 Å². The Hall–Kier alpha value is -1.85. The number of aryl methyl sites for hydroxylation is 4. The fourth-order valence-electron chi connectivity index (χ4n) is 5.13. The molecule has 33 heavy (non-hydrogen) atoms. The fraction of sp³-hybridized carbons (Fsp3) is 0.478. The first kappa shape index (κ1) is 24.3. The summed E-state index contributed by atoms with van der Waals surface area (Å²) >= 11 is 0. The first-order valence-corrected chi connectivity index (χ1v) is 13.8. The van der Waals surface area contributed by atoms with E-state index in [1.54, 1.807) is 20.8 Å². The summed E-state index contributed by atoms with van der Waals surface area (Å²) in [6.07, 6.45) is 0.436.